The molecule has 0 fully saturated rings. The second-order valence-electron chi connectivity index (χ2n) is 4.75. The molecule has 20 heavy (non-hydrogen) atoms. The van der Waals surface area contributed by atoms with Crippen LogP contribution in [0.25, 0.3) is 0 Å². The van der Waals surface area contributed by atoms with E-state index >= 15 is 0 Å². The lowest BCUT2D eigenvalue weighted by molar-refractivity contribution is -0.119. The van der Waals surface area contributed by atoms with Gasteiger partial charge in [-0.25, -0.2) is 0 Å². The molecule has 0 saturated carbocycles. The van der Waals surface area contributed by atoms with Gasteiger partial charge in [0.15, 0.2) is 0 Å². The standard InChI is InChI=1S/C15H23NO3S/c1-4-19-13-5-7-14(8-6-13)20-10-15(18)16-11(2)9-12(3)17/h5-8,11-12,17H,4,9-10H2,1-3H3,(H,16,18). The van der Waals surface area contributed by atoms with Crippen molar-refractivity contribution in [3.8, 4) is 5.75 Å². The summed E-state index contributed by atoms with van der Waals surface area (Å²) < 4.78 is 5.36. The van der Waals surface area contributed by atoms with Gasteiger partial charge in [-0.3, -0.25) is 4.79 Å². The number of thioether (sulfide) groups is 1. The average molecular weight is 297 g/mol. The van der Waals surface area contributed by atoms with Crippen LogP contribution in [-0.2, 0) is 4.79 Å². The molecule has 0 spiro atoms. The molecule has 0 aromatic heterocycles. The Balaban J connectivity index is 2.33. The molecular formula is C15H23NO3S. The van der Waals surface area contributed by atoms with Crippen LogP contribution in [0.4, 0.5) is 0 Å². The van der Waals surface area contributed by atoms with E-state index in [4.69, 9.17) is 4.74 Å². The van der Waals surface area contributed by atoms with Crippen LogP contribution in [0.15, 0.2) is 29.2 Å². The van der Waals surface area contributed by atoms with Crippen LogP contribution in [-0.4, -0.2) is 35.5 Å². The van der Waals surface area contributed by atoms with Crippen molar-refractivity contribution >= 4 is 17.7 Å². The van der Waals surface area contributed by atoms with Crippen molar-refractivity contribution in [2.45, 2.75) is 44.2 Å². The fraction of sp³-hybridized carbons (Fsp3) is 0.533. The first-order chi connectivity index (χ1) is 9.51. The van der Waals surface area contributed by atoms with E-state index in [2.05, 4.69) is 5.32 Å². The lowest BCUT2D eigenvalue weighted by atomic mass is 10.1. The van der Waals surface area contributed by atoms with Gasteiger partial charge in [0.25, 0.3) is 0 Å². The normalized spacial score (nSPS) is 13.6. The molecule has 0 radical (unpaired) electrons. The Kier molecular flexibility index (Phi) is 7.47. The first-order valence-corrected chi connectivity index (χ1v) is 7.83. The minimum absolute atomic E-state index is 0.0107. The summed E-state index contributed by atoms with van der Waals surface area (Å²) in [5, 5.41) is 12.1. The van der Waals surface area contributed by atoms with Crippen molar-refractivity contribution in [1.82, 2.24) is 5.32 Å². The summed E-state index contributed by atoms with van der Waals surface area (Å²) >= 11 is 1.49. The smallest absolute Gasteiger partial charge is 0.230 e. The zero-order chi connectivity index (χ0) is 15.0. The number of aliphatic hydroxyl groups excluding tert-OH is 1. The highest BCUT2D eigenvalue weighted by Gasteiger charge is 2.10. The summed E-state index contributed by atoms with van der Waals surface area (Å²) in [5.74, 6) is 1.20. The highest BCUT2D eigenvalue weighted by Crippen LogP contribution is 2.21. The summed E-state index contributed by atoms with van der Waals surface area (Å²) in [4.78, 5) is 12.8. The molecule has 2 atom stereocenters. The first-order valence-electron chi connectivity index (χ1n) is 6.84. The first kappa shape index (κ1) is 16.9. The molecule has 0 bridgehead atoms. The van der Waals surface area contributed by atoms with Gasteiger partial charge in [0, 0.05) is 10.9 Å². The quantitative estimate of drug-likeness (QED) is 0.724. The molecule has 4 nitrogen and oxygen atoms in total. The number of amides is 1. The van der Waals surface area contributed by atoms with E-state index in [1.165, 1.54) is 11.8 Å². The molecule has 2 N–H and O–H groups in total. The highest BCUT2D eigenvalue weighted by atomic mass is 32.2. The van der Waals surface area contributed by atoms with Crippen molar-refractivity contribution < 1.29 is 14.6 Å². The molecule has 112 valence electrons. The number of carbonyl (C=O) groups is 1. The van der Waals surface area contributed by atoms with Crippen LogP contribution in [0.1, 0.15) is 27.2 Å². The molecule has 0 heterocycles. The average Bonchev–Trinajstić information content (AvgIpc) is 2.37. The van der Waals surface area contributed by atoms with E-state index in [-0.39, 0.29) is 11.9 Å². The van der Waals surface area contributed by atoms with E-state index in [0.717, 1.165) is 10.6 Å². The predicted molar refractivity (Wildman–Crippen MR) is 82.2 cm³/mol. The topological polar surface area (TPSA) is 58.6 Å². The van der Waals surface area contributed by atoms with E-state index in [1.807, 2.05) is 38.1 Å². The van der Waals surface area contributed by atoms with E-state index < -0.39 is 6.10 Å². The SMILES string of the molecule is CCOc1ccc(SCC(=O)NC(C)CC(C)O)cc1. The molecule has 2 unspecified atom stereocenters. The Morgan fingerprint density at radius 1 is 1.35 bits per heavy atom. The van der Waals surface area contributed by atoms with Crippen molar-refractivity contribution in [3.05, 3.63) is 24.3 Å². The number of hydrogen-bond donors (Lipinski definition) is 2. The second-order valence-corrected chi connectivity index (χ2v) is 5.80. The fourth-order valence-corrected chi connectivity index (χ4v) is 2.54. The molecular weight excluding hydrogens is 274 g/mol. The van der Waals surface area contributed by atoms with Crippen LogP contribution in [0.3, 0.4) is 0 Å². The number of nitrogens with one attached hydrogen (secondary N) is 1. The zero-order valence-electron chi connectivity index (χ0n) is 12.3. The van der Waals surface area contributed by atoms with Gasteiger partial charge in [0.2, 0.25) is 5.91 Å². The Morgan fingerprint density at radius 2 is 2.00 bits per heavy atom. The Morgan fingerprint density at radius 3 is 2.55 bits per heavy atom. The molecule has 1 amide bonds. The third kappa shape index (κ3) is 6.82. The molecule has 1 aromatic rings. The van der Waals surface area contributed by atoms with Gasteiger partial charge in [-0.2, -0.15) is 0 Å². The predicted octanol–water partition coefficient (Wildman–Crippen LogP) is 2.45. The van der Waals surface area contributed by atoms with Crippen LogP contribution in [0, 0.1) is 0 Å². The van der Waals surface area contributed by atoms with Crippen molar-refractivity contribution in [1.29, 1.82) is 0 Å². The maximum absolute atomic E-state index is 11.7. The minimum Gasteiger partial charge on any atom is -0.494 e. The van der Waals surface area contributed by atoms with Gasteiger partial charge in [0.05, 0.1) is 18.5 Å². The maximum atomic E-state index is 11.7. The minimum atomic E-state index is -0.399. The van der Waals surface area contributed by atoms with Gasteiger partial charge in [-0.05, 0) is 51.5 Å². The monoisotopic (exact) mass is 297 g/mol. The molecule has 0 saturated heterocycles. The molecule has 0 aliphatic rings. The molecule has 0 aliphatic heterocycles. The summed E-state index contributed by atoms with van der Waals surface area (Å²) in [7, 11) is 0. The fourth-order valence-electron chi connectivity index (χ4n) is 1.83. The third-order valence-electron chi connectivity index (χ3n) is 2.61. The molecule has 5 heteroatoms. The number of ether oxygens (including phenoxy) is 1. The van der Waals surface area contributed by atoms with Gasteiger partial charge in [-0.1, -0.05) is 0 Å². The number of carbonyl (C=O) groups excluding carboxylic acids is 1. The highest BCUT2D eigenvalue weighted by molar-refractivity contribution is 8.00. The number of benzene rings is 1. The molecule has 0 aliphatic carbocycles. The van der Waals surface area contributed by atoms with Gasteiger partial charge >= 0.3 is 0 Å². The lowest BCUT2D eigenvalue weighted by Crippen LogP contribution is -2.35. The summed E-state index contributed by atoms with van der Waals surface area (Å²) in [6.45, 7) is 6.21. The summed E-state index contributed by atoms with van der Waals surface area (Å²) in [6, 6.07) is 7.69. The van der Waals surface area contributed by atoms with Gasteiger partial charge in [0.1, 0.15) is 5.75 Å². The Bertz CT molecular complexity index is 406. The molecule has 1 rings (SSSR count). The Hall–Kier alpha value is -1.20. The number of aliphatic hydroxyl groups is 1. The van der Waals surface area contributed by atoms with Crippen LogP contribution >= 0.6 is 11.8 Å². The number of hydrogen-bond acceptors (Lipinski definition) is 4. The van der Waals surface area contributed by atoms with Crippen molar-refractivity contribution in [2.75, 3.05) is 12.4 Å². The second kappa shape index (κ2) is 8.87. The van der Waals surface area contributed by atoms with E-state index in [1.54, 1.807) is 6.92 Å². The van der Waals surface area contributed by atoms with E-state index in [9.17, 15) is 9.90 Å². The zero-order valence-corrected chi connectivity index (χ0v) is 13.1. The molecule has 1 aromatic carbocycles. The summed E-state index contributed by atoms with van der Waals surface area (Å²) in [6.07, 6.45) is 0.170. The number of rotatable bonds is 8. The van der Waals surface area contributed by atoms with Gasteiger partial charge < -0.3 is 15.2 Å². The van der Waals surface area contributed by atoms with Crippen molar-refractivity contribution in [3.63, 3.8) is 0 Å². The maximum Gasteiger partial charge on any atom is 0.230 e. The van der Waals surface area contributed by atoms with Crippen LogP contribution in [0.5, 0.6) is 5.75 Å². The van der Waals surface area contributed by atoms with E-state index in [0.29, 0.717) is 18.8 Å². The lowest BCUT2D eigenvalue weighted by Gasteiger charge is -2.15. The largest absolute Gasteiger partial charge is 0.494 e. The van der Waals surface area contributed by atoms with Gasteiger partial charge in [-0.15, -0.1) is 11.8 Å². The summed E-state index contributed by atoms with van der Waals surface area (Å²) in [5.41, 5.74) is 0. The van der Waals surface area contributed by atoms with Crippen LogP contribution < -0.4 is 10.1 Å². The van der Waals surface area contributed by atoms with Crippen LogP contribution in [0.2, 0.25) is 0 Å². The Labute approximate surface area is 124 Å². The third-order valence-corrected chi connectivity index (χ3v) is 3.62. The van der Waals surface area contributed by atoms with Crippen molar-refractivity contribution in [2.24, 2.45) is 0 Å².